The van der Waals surface area contributed by atoms with Gasteiger partial charge in [-0.3, -0.25) is 0 Å². The first-order chi connectivity index (χ1) is 11.8. The fourth-order valence-corrected chi connectivity index (χ4v) is 4.01. The van der Waals surface area contributed by atoms with E-state index in [1.54, 1.807) is 0 Å². The number of fused-ring (bicyclic) bond motifs is 4. The zero-order valence-electron chi connectivity index (χ0n) is 14.0. The maximum atomic E-state index is 10.8. The van der Waals surface area contributed by atoms with E-state index in [1.807, 2.05) is 36.7 Å². The summed E-state index contributed by atoms with van der Waals surface area (Å²) in [7, 11) is -2.17. The number of rotatable bonds is 4. The third-order valence-corrected chi connectivity index (χ3v) is 5.49. The van der Waals surface area contributed by atoms with Crippen LogP contribution in [0, 0.1) is 6.92 Å². The second-order valence-corrected chi connectivity index (χ2v) is 7.82. The van der Waals surface area contributed by atoms with Crippen molar-refractivity contribution in [3.8, 4) is 0 Å². The van der Waals surface area contributed by atoms with Crippen molar-refractivity contribution in [1.29, 1.82) is 0 Å². The van der Waals surface area contributed by atoms with E-state index in [9.17, 15) is 13.0 Å². The van der Waals surface area contributed by atoms with E-state index in [1.165, 1.54) is 0 Å². The summed E-state index contributed by atoms with van der Waals surface area (Å²) in [5.74, 6) is 0.320. The number of aromatic nitrogens is 2. The average molecular weight is 358 g/mol. The first-order valence-electron chi connectivity index (χ1n) is 8.09. The molecule has 0 radical (unpaired) electrons. The third-order valence-electron chi connectivity index (χ3n) is 4.70. The minimum atomic E-state index is -4.20. The Labute approximate surface area is 145 Å². The molecule has 0 spiro atoms. The third kappa shape index (κ3) is 2.69. The highest BCUT2D eigenvalue weighted by atomic mass is 32.2. The van der Waals surface area contributed by atoms with Crippen LogP contribution in [0.15, 0.2) is 40.8 Å². The Hall–Kier alpha value is -2.38. The molecule has 4 aromatic rings. The average Bonchev–Trinajstić information content (AvgIpc) is 3.00. The molecular weight excluding hydrogens is 340 g/mol. The molecule has 0 aliphatic rings. The standard InChI is InChI=1S/C18H18N2O4S/c1-12-20(8-5-9-25(21,22)23)17-10-14-13-6-3-4-7-15(13)19(2)16(14)11-18(17)24-12/h3-4,6-7,10-11H,5,8-9H2,1-2H3. The molecule has 0 bridgehead atoms. The topological polar surface area (TPSA) is 79.2 Å². The highest BCUT2D eigenvalue weighted by Gasteiger charge is 2.21. The summed E-state index contributed by atoms with van der Waals surface area (Å²) in [6.45, 7) is 2.27. The first kappa shape index (κ1) is 16.1. The number of hydrogen-bond donors (Lipinski definition) is 0. The van der Waals surface area contributed by atoms with Crippen LogP contribution in [-0.4, -0.2) is 23.3 Å². The molecule has 2 aromatic heterocycles. The molecule has 0 unspecified atom stereocenters. The van der Waals surface area contributed by atoms with E-state index in [-0.39, 0.29) is 12.2 Å². The van der Waals surface area contributed by atoms with Gasteiger partial charge in [0.05, 0.1) is 22.6 Å². The summed E-state index contributed by atoms with van der Waals surface area (Å²) >= 11 is 0. The summed E-state index contributed by atoms with van der Waals surface area (Å²) in [6, 6.07) is 12.3. The largest absolute Gasteiger partial charge is 0.748 e. The Morgan fingerprint density at radius 2 is 1.92 bits per heavy atom. The summed E-state index contributed by atoms with van der Waals surface area (Å²) in [5.41, 5.74) is 3.88. The van der Waals surface area contributed by atoms with Gasteiger partial charge in [0.1, 0.15) is 0 Å². The van der Waals surface area contributed by atoms with Crippen LogP contribution in [-0.2, 0) is 23.7 Å². The van der Waals surface area contributed by atoms with Crippen LogP contribution in [0.5, 0.6) is 0 Å². The molecular formula is C18H18N2O4S. The zero-order chi connectivity index (χ0) is 17.8. The number of oxazole rings is 1. The fourth-order valence-electron chi connectivity index (χ4n) is 3.53. The summed E-state index contributed by atoms with van der Waals surface area (Å²) in [4.78, 5) is 0. The number of benzene rings is 2. The van der Waals surface area contributed by atoms with Crippen LogP contribution in [0.1, 0.15) is 12.3 Å². The number of nitrogens with zero attached hydrogens (tertiary/aromatic N) is 2. The molecule has 7 heteroatoms. The highest BCUT2D eigenvalue weighted by Crippen LogP contribution is 2.31. The highest BCUT2D eigenvalue weighted by molar-refractivity contribution is 7.85. The SMILES string of the molecule is Cc1oc2cc3c(cc2[n+]1CCCS(=O)(=O)[O-])c1ccccc1n3C. The Kier molecular flexibility index (Phi) is 3.59. The smallest absolute Gasteiger partial charge is 0.344 e. The monoisotopic (exact) mass is 358 g/mol. The number of hydrogen-bond acceptors (Lipinski definition) is 4. The Morgan fingerprint density at radius 1 is 1.16 bits per heavy atom. The van der Waals surface area contributed by atoms with Gasteiger partial charge in [0, 0.05) is 47.6 Å². The molecule has 0 fully saturated rings. The minimum Gasteiger partial charge on any atom is -0.748 e. The molecule has 0 aliphatic heterocycles. The van der Waals surface area contributed by atoms with Crippen LogP contribution in [0.25, 0.3) is 32.9 Å². The van der Waals surface area contributed by atoms with Gasteiger partial charge in [-0.2, -0.15) is 4.57 Å². The maximum Gasteiger partial charge on any atom is 0.344 e. The number of aryl methyl sites for hydroxylation is 3. The molecule has 0 saturated heterocycles. The van der Waals surface area contributed by atoms with Gasteiger partial charge in [0.2, 0.25) is 5.58 Å². The van der Waals surface area contributed by atoms with Crippen LogP contribution in [0.3, 0.4) is 0 Å². The lowest BCUT2D eigenvalue weighted by Gasteiger charge is -2.03. The van der Waals surface area contributed by atoms with E-state index in [2.05, 4.69) is 22.8 Å². The zero-order valence-corrected chi connectivity index (χ0v) is 14.8. The molecule has 0 saturated carbocycles. The van der Waals surface area contributed by atoms with Gasteiger partial charge >= 0.3 is 5.89 Å². The summed E-state index contributed by atoms with van der Waals surface area (Å²) < 4.78 is 42.5. The van der Waals surface area contributed by atoms with Gasteiger partial charge in [0.15, 0.2) is 6.54 Å². The Morgan fingerprint density at radius 3 is 2.68 bits per heavy atom. The lowest BCUT2D eigenvalue weighted by atomic mass is 10.1. The Bertz CT molecular complexity index is 1220. The molecule has 6 nitrogen and oxygen atoms in total. The van der Waals surface area contributed by atoms with Gasteiger partial charge in [-0.1, -0.05) is 18.2 Å². The van der Waals surface area contributed by atoms with Gasteiger partial charge in [-0.15, -0.1) is 0 Å². The normalized spacial score (nSPS) is 12.6. The van der Waals surface area contributed by atoms with E-state index in [0.29, 0.717) is 12.4 Å². The molecule has 0 atom stereocenters. The van der Waals surface area contributed by atoms with Crippen LogP contribution in [0.4, 0.5) is 0 Å². The molecule has 0 N–H and O–H groups in total. The fraction of sp³-hybridized carbons (Fsp3) is 0.278. The molecule has 2 heterocycles. The molecule has 0 amide bonds. The van der Waals surface area contributed by atoms with Crippen molar-refractivity contribution in [2.24, 2.45) is 7.05 Å². The molecule has 25 heavy (non-hydrogen) atoms. The predicted molar refractivity (Wildman–Crippen MR) is 94.3 cm³/mol. The predicted octanol–water partition coefficient (Wildman–Crippen LogP) is 2.61. The Balaban J connectivity index is 1.88. The quantitative estimate of drug-likeness (QED) is 0.415. The van der Waals surface area contributed by atoms with Crippen LogP contribution < -0.4 is 4.57 Å². The second kappa shape index (κ2) is 5.57. The van der Waals surface area contributed by atoms with Crippen molar-refractivity contribution in [1.82, 2.24) is 4.57 Å². The van der Waals surface area contributed by atoms with Gasteiger partial charge < -0.3 is 13.5 Å². The van der Waals surface area contributed by atoms with Crippen molar-refractivity contribution in [3.05, 3.63) is 42.3 Å². The van der Waals surface area contributed by atoms with E-state index in [0.717, 1.165) is 32.9 Å². The van der Waals surface area contributed by atoms with Gasteiger partial charge in [-0.05, 0) is 6.07 Å². The van der Waals surface area contributed by atoms with Crippen molar-refractivity contribution in [2.75, 3.05) is 5.75 Å². The van der Waals surface area contributed by atoms with Crippen molar-refractivity contribution >= 4 is 43.0 Å². The van der Waals surface area contributed by atoms with E-state index in [4.69, 9.17) is 4.42 Å². The molecule has 2 aromatic carbocycles. The first-order valence-corrected chi connectivity index (χ1v) is 9.66. The summed E-state index contributed by atoms with van der Waals surface area (Å²) in [5, 5.41) is 2.28. The van der Waals surface area contributed by atoms with Crippen molar-refractivity contribution in [2.45, 2.75) is 19.9 Å². The minimum absolute atomic E-state index is 0.263. The molecule has 4 rings (SSSR count). The van der Waals surface area contributed by atoms with Crippen LogP contribution in [0.2, 0.25) is 0 Å². The maximum absolute atomic E-state index is 10.8. The van der Waals surface area contributed by atoms with E-state index < -0.39 is 10.1 Å². The lowest BCUT2D eigenvalue weighted by molar-refractivity contribution is -0.682. The number of para-hydroxylation sites is 1. The molecule has 0 aliphatic carbocycles. The van der Waals surface area contributed by atoms with Gasteiger partial charge in [-0.25, -0.2) is 8.42 Å². The second-order valence-electron chi connectivity index (χ2n) is 6.30. The molecule has 130 valence electrons. The van der Waals surface area contributed by atoms with Crippen molar-refractivity contribution < 1.29 is 22.0 Å². The summed E-state index contributed by atoms with van der Waals surface area (Å²) in [6.07, 6.45) is 0.263. The lowest BCUT2D eigenvalue weighted by Crippen LogP contribution is -2.36. The van der Waals surface area contributed by atoms with Crippen LogP contribution >= 0.6 is 0 Å². The van der Waals surface area contributed by atoms with Crippen molar-refractivity contribution in [3.63, 3.8) is 0 Å². The van der Waals surface area contributed by atoms with Gasteiger partial charge in [0.25, 0.3) is 5.52 Å². The van der Waals surface area contributed by atoms with E-state index >= 15 is 0 Å².